The first-order valence-electron chi connectivity index (χ1n) is 9.09. The lowest BCUT2D eigenvalue weighted by atomic mass is 10.1. The highest BCUT2D eigenvalue weighted by atomic mass is 32.1. The summed E-state index contributed by atoms with van der Waals surface area (Å²) in [5.41, 5.74) is 3.77. The van der Waals surface area contributed by atoms with Crippen molar-refractivity contribution in [3.05, 3.63) is 75.7 Å². The Kier molecular flexibility index (Phi) is 4.96. The molecule has 3 aromatic rings. The van der Waals surface area contributed by atoms with Crippen LogP contribution in [0.25, 0.3) is 0 Å². The molecule has 0 spiro atoms. The maximum Gasteiger partial charge on any atom is 0.256 e. The SMILES string of the molecule is COc1cc([C@H]2NC(=O)c3c(sc(C)c3C)N2)ccc1OCc1ccccc1. The van der Waals surface area contributed by atoms with E-state index >= 15 is 0 Å². The fraction of sp³-hybridized carbons (Fsp3) is 0.227. The predicted octanol–water partition coefficient (Wildman–Crippen LogP) is 4.81. The Bertz CT molecular complexity index is 1010. The van der Waals surface area contributed by atoms with Crippen molar-refractivity contribution in [1.29, 1.82) is 0 Å². The number of carbonyl (C=O) groups is 1. The maximum absolute atomic E-state index is 12.6. The van der Waals surface area contributed by atoms with Crippen molar-refractivity contribution >= 4 is 22.2 Å². The highest BCUT2D eigenvalue weighted by Crippen LogP contribution is 2.38. The first-order chi connectivity index (χ1) is 13.6. The van der Waals surface area contributed by atoms with Crippen LogP contribution < -0.4 is 20.1 Å². The molecule has 1 atom stereocenters. The number of fused-ring (bicyclic) bond motifs is 1. The quantitative estimate of drug-likeness (QED) is 0.652. The summed E-state index contributed by atoms with van der Waals surface area (Å²) in [4.78, 5) is 13.7. The van der Waals surface area contributed by atoms with E-state index in [2.05, 4.69) is 10.6 Å². The van der Waals surface area contributed by atoms with Gasteiger partial charge in [0.2, 0.25) is 0 Å². The largest absolute Gasteiger partial charge is 0.493 e. The predicted molar refractivity (Wildman–Crippen MR) is 111 cm³/mol. The Labute approximate surface area is 168 Å². The summed E-state index contributed by atoms with van der Waals surface area (Å²) < 4.78 is 11.4. The van der Waals surface area contributed by atoms with E-state index in [4.69, 9.17) is 9.47 Å². The van der Waals surface area contributed by atoms with Gasteiger partial charge in [-0.1, -0.05) is 36.4 Å². The van der Waals surface area contributed by atoms with E-state index in [0.717, 1.165) is 32.1 Å². The summed E-state index contributed by atoms with van der Waals surface area (Å²) in [6.45, 7) is 4.48. The molecule has 2 heterocycles. The second-order valence-corrected chi connectivity index (χ2v) is 7.95. The minimum absolute atomic E-state index is 0.0519. The molecule has 1 aromatic heterocycles. The van der Waals surface area contributed by atoms with Crippen LogP contribution in [0, 0.1) is 13.8 Å². The summed E-state index contributed by atoms with van der Waals surface area (Å²) in [6.07, 6.45) is -0.311. The van der Waals surface area contributed by atoms with Gasteiger partial charge in [-0.2, -0.15) is 0 Å². The van der Waals surface area contributed by atoms with Crippen LogP contribution in [0.3, 0.4) is 0 Å². The van der Waals surface area contributed by atoms with E-state index in [1.54, 1.807) is 18.4 Å². The van der Waals surface area contributed by atoms with E-state index in [1.807, 2.05) is 62.4 Å². The third-order valence-electron chi connectivity index (χ3n) is 4.92. The van der Waals surface area contributed by atoms with Gasteiger partial charge in [-0.05, 0) is 42.7 Å². The van der Waals surface area contributed by atoms with Crippen molar-refractivity contribution in [2.75, 3.05) is 12.4 Å². The van der Waals surface area contributed by atoms with Crippen molar-refractivity contribution in [1.82, 2.24) is 5.32 Å². The molecule has 2 aromatic carbocycles. The highest BCUT2D eigenvalue weighted by molar-refractivity contribution is 7.16. The number of hydrogen-bond donors (Lipinski definition) is 2. The van der Waals surface area contributed by atoms with Crippen LogP contribution in [-0.2, 0) is 6.61 Å². The number of aryl methyl sites for hydroxylation is 1. The summed E-state index contributed by atoms with van der Waals surface area (Å²) in [6, 6.07) is 15.7. The van der Waals surface area contributed by atoms with Gasteiger partial charge in [0.05, 0.1) is 12.7 Å². The first-order valence-corrected chi connectivity index (χ1v) is 9.90. The Morgan fingerprint density at radius 2 is 1.82 bits per heavy atom. The number of ether oxygens (including phenoxy) is 2. The second-order valence-electron chi connectivity index (χ2n) is 6.72. The Morgan fingerprint density at radius 3 is 2.57 bits per heavy atom. The standard InChI is InChI=1S/C22H22N2O3S/c1-13-14(2)28-22-19(13)21(25)23-20(24-22)16-9-10-17(18(11-16)26-3)27-12-15-7-5-4-6-8-15/h4-11,20,24H,12H2,1-3H3,(H,23,25)/t20-/m0/s1. The van der Waals surface area contributed by atoms with Gasteiger partial charge in [-0.25, -0.2) is 0 Å². The Balaban J connectivity index is 1.55. The average Bonchev–Trinajstić information content (AvgIpc) is 3.01. The van der Waals surface area contributed by atoms with Crippen molar-refractivity contribution < 1.29 is 14.3 Å². The number of amides is 1. The molecule has 6 heteroatoms. The summed E-state index contributed by atoms with van der Waals surface area (Å²) in [5.74, 6) is 1.25. The van der Waals surface area contributed by atoms with Crippen molar-refractivity contribution in [2.24, 2.45) is 0 Å². The molecule has 28 heavy (non-hydrogen) atoms. The van der Waals surface area contributed by atoms with Crippen LogP contribution in [0.4, 0.5) is 5.00 Å². The van der Waals surface area contributed by atoms with Crippen molar-refractivity contribution in [3.63, 3.8) is 0 Å². The van der Waals surface area contributed by atoms with Crippen LogP contribution in [0.15, 0.2) is 48.5 Å². The lowest BCUT2D eigenvalue weighted by Gasteiger charge is -2.27. The summed E-state index contributed by atoms with van der Waals surface area (Å²) in [5, 5.41) is 7.37. The lowest BCUT2D eigenvalue weighted by molar-refractivity contribution is 0.0935. The van der Waals surface area contributed by atoms with Gasteiger partial charge in [0.1, 0.15) is 17.8 Å². The molecule has 0 saturated carbocycles. The monoisotopic (exact) mass is 394 g/mol. The van der Waals surface area contributed by atoms with Crippen LogP contribution in [0.5, 0.6) is 11.5 Å². The van der Waals surface area contributed by atoms with Crippen LogP contribution in [0.2, 0.25) is 0 Å². The molecule has 5 nitrogen and oxygen atoms in total. The number of hydrogen-bond acceptors (Lipinski definition) is 5. The molecule has 1 amide bonds. The third-order valence-corrected chi connectivity index (χ3v) is 6.06. The van der Waals surface area contributed by atoms with E-state index < -0.39 is 0 Å². The number of carbonyl (C=O) groups excluding carboxylic acids is 1. The number of rotatable bonds is 5. The molecule has 1 aliphatic rings. The summed E-state index contributed by atoms with van der Waals surface area (Å²) >= 11 is 1.61. The molecule has 0 saturated heterocycles. The fourth-order valence-electron chi connectivity index (χ4n) is 3.26. The number of benzene rings is 2. The van der Waals surface area contributed by atoms with E-state index in [0.29, 0.717) is 18.1 Å². The van der Waals surface area contributed by atoms with Crippen molar-refractivity contribution in [2.45, 2.75) is 26.6 Å². The fourth-order valence-corrected chi connectivity index (χ4v) is 4.34. The minimum atomic E-state index is -0.311. The Hall–Kier alpha value is -2.99. The zero-order valence-corrected chi connectivity index (χ0v) is 16.9. The van der Waals surface area contributed by atoms with E-state index in [1.165, 1.54) is 0 Å². The van der Waals surface area contributed by atoms with Crippen LogP contribution >= 0.6 is 11.3 Å². The van der Waals surface area contributed by atoms with Gasteiger partial charge in [0.25, 0.3) is 5.91 Å². The second kappa shape index (κ2) is 7.56. The van der Waals surface area contributed by atoms with Gasteiger partial charge < -0.3 is 20.1 Å². The van der Waals surface area contributed by atoms with Gasteiger partial charge in [0, 0.05) is 4.88 Å². The molecule has 2 N–H and O–H groups in total. The van der Waals surface area contributed by atoms with Gasteiger partial charge in [-0.3, -0.25) is 4.79 Å². The number of anilines is 1. The van der Waals surface area contributed by atoms with Gasteiger partial charge >= 0.3 is 0 Å². The molecule has 0 aliphatic carbocycles. The molecule has 0 bridgehead atoms. The molecule has 1 aliphatic heterocycles. The molecule has 4 rings (SSSR count). The maximum atomic E-state index is 12.6. The molecule has 0 unspecified atom stereocenters. The number of methoxy groups -OCH3 is 1. The molecule has 0 fully saturated rings. The zero-order valence-electron chi connectivity index (χ0n) is 16.0. The van der Waals surface area contributed by atoms with Crippen LogP contribution in [0.1, 0.15) is 38.1 Å². The molecule has 144 valence electrons. The van der Waals surface area contributed by atoms with E-state index in [9.17, 15) is 4.79 Å². The number of thiophene rings is 1. The van der Waals surface area contributed by atoms with Crippen LogP contribution in [-0.4, -0.2) is 13.0 Å². The lowest BCUT2D eigenvalue weighted by Crippen LogP contribution is -2.38. The van der Waals surface area contributed by atoms with Gasteiger partial charge in [0.15, 0.2) is 11.5 Å². The minimum Gasteiger partial charge on any atom is -0.493 e. The smallest absolute Gasteiger partial charge is 0.256 e. The summed E-state index contributed by atoms with van der Waals surface area (Å²) in [7, 11) is 1.62. The normalized spacial score (nSPS) is 15.4. The molecular weight excluding hydrogens is 372 g/mol. The topological polar surface area (TPSA) is 59.6 Å². The highest BCUT2D eigenvalue weighted by Gasteiger charge is 2.29. The third kappa shape index (κ3) is 3.43. The zero-order chi connectivity index (χ0) is 19.7. The van der Waals surface area contributed by atoms with E-state index in [-0.39, 0.29) is 12.1 Å². The molecular formula is C22H22N2O3S. The van der Waals surface area contributed by atoms with Gasteiger partial charge in [-0.15, -0.1) is 11.3 Å². The number of nitrogens with one attached hydrogen (secondary N) is 2. The van der Waals surface area contributed by atoms with Crippen molar-refractivity contribution in [3.8, 4) is 11.5 Å². The molecule has 0 radical (unpaired) electrons. The average molecular weight is 394 g/mol. The Morgan fingerprint density at radius 1 is 1.04 bits per heavy atom. The first kappa shape index (κ1) is 18.4.